The second kappa shape index (κ2) is 8.10. The Morgan fingerprint density at radius 1 is 1.50 bits per heavy atom. The molecule has 122 valence electrons. The SMILES string of the molecule is COCC1(CNC(=O)C(C)Oc2cccnc2)CCNCC1. The third-order valence-electron chi connectivity index (χ3n) is 4.07. The van der Waals surface area contributed by atoms with E-state index >= 15 is 0 Å². The van der Waals surface area contributed by atoms with Gasteiger partial charge in [0.15, 0.2) is 6.10 Å². The van der Waals surface area contributed by atoms with Crippen molar-refractivity contribution < 1.29 is 14.3 Å². The van der Waals surface area contributed by atoms with E-state index in [-0.39, 0.29) is 11.3 Å². The zero-order valence-corrected chi connectivity index (χ0v) is 13.3. The Morgan fingerprint density at radius 3 is 2.91 bits per heavy atom. The summed E-state index contributed by atoms with van der Waals surface area (Å²) in [6, 6.07) is 3.57. The van der Waals surface area contributed by atoms with Crippen LogP contribution in [0.3, 0.4) is 0 Å². The number of aromatic nitrogens is 1. The lowest BCUT2D eigenvalue weighted by Crippen LogP contribution is -2.49. The Morgan fingerprint density at radius 2 is 2.27 bits per heavy atom. The molecule has 1 aromatic heterocycles. The number of carbonyl (C=O) groups excluding carboxylic acids is 1. The first-order valence-corrected chi connectivity index (χ1v) is 7.69. The molecule has 2 heterocycles. The van der Waals surface area contributed by atoms with Crippen LogP contribution in [-0.4, -0.2) is 50.3 Å². The quantitative estimate of drug-likeness (QED) is 0.786. The third kappa shape index (κ3) is 4.68. The molecule has 6 nitrogen and oxygen atoms in total. The molecule has 2 rings (SSSR count). The van der Waals surface area contributed by atoms with Crippen LogP contribution in [-0.2, 0) is 9.53 Å². The molecule has 22 heavy (non-hydrogen) atoms. The highest BCUT2D eigenvalue weighted by atomic mass is 16.5. The molecule has 1 fully saturated rings. The van der Waals surface area contributed by atoms with Gasteiger partial charge in [-0.2, -0.15) is 0 Å². The Bertz CT molecular complexity index is 455. The maximum Gasteiger partial charge on any atom is 0.260 e. The molecular weight excluding hydrogens is 282 g/mol. The standard InChI is InChI=1S/C16H25N3O3/c1-13(22-14-4-3-7-18-10-14)15(20)19-11-16(12-21-2)5-8-17-9-6-16/h3-4,7,10,13,17H,5-6,8-9,11-12H2,1-2H3,(H,19,20). The van der Waals surface area contributed by atoms with Gasteiger partial charge >= 0.3 is 0 Å². The molecule has 1 atom stereocenters. The minimum absolute atomic E-state index is 0.0175. The van der Waals surface area contributed by atoms with Gasteiger partial charge in [-0.1, -0.05) is 0 Å². The molecule has 6 heteroatoms. The second-order valence-electron chi connectivity index (χ2n) is 5.85. The predicted octanol–water partition coefficient (Wildman–Crippen LogP) is 0.981. The van der Waals surface area contributed by atoms with Crippen LogP contribution in [0.1, 0.15) is 19.8 Å². The van der Waals surface area contributed by atoms with Crippen molar-refractivity contribution in [3.05, 3.63) is 24.5 Å². The van der Waals surface area contributed by atoms with Crippen molar-refractivity contribution in [1.82, 2.24) is 15.6 Å². The first kappa shape index (κ1) is 16.7. The number of nitrogens with zero attached hydrogens (tertiary/aromatic N) is 1. The number of pyridine rings is 1. The van der Waals surface area contributed by atoms with Crippen LogP contribution in [0.5, 0.6) is 5.75 Å². The maximum atomic E-state index is 12.2. The van der Waals surface area contributed by atoms with Crippen LogP contribution in [0, 0.1) is 5.41 Å². The van der Waals surface area contributed by atoms with Gasteiger partial charge in [-0.25, -0.2) is 0 Å². The highest BCUT2D eigenvalue weighted by molar-refractivity contribution is 5.80. The monoisotopic (exact) mass is 307 g/mol. The topological polar surface area (TPSA) is 72.5 Å². The van der Waals surface area contributed by atoms with Crippen molar-refractivity contribution in [3.8, 4) is 5.75 Å². The van der Waals surface area contributed by atoms with Crippen molar-refractivity contribution in [2.45, 2.75) is 25.9 Å². The third-order valence-corrected chi connectivity index (χ3v) is 4.07. The van der Waals surface area contributed by atoms with E-state index in [1.165, 1.54) is 0 Å². The first-order chi connectivity index (χ1) is 10.7. The second-order valence-corrected chi connectivity index (χ2v) is 5.85. The van der Waals surface area contributed by atoms with Crippen molar-refractivity contribution in [2.75, 3.05) is 33.4 Å². The highest BCUT2D eigenvalue weighted by Gasteiger charge is 2.33. The van der Waals surface area contributed by atoms with E-state index in [0.717, 1.165) is 25.9 Å². The molecule has 1 aliphatic heterocycles. The molecular formula is C16H25N3O3. The van der Waals surface area contributed by atoms with Crippen LogP contribution in [0.15, 0.2) is 24.5 Å². The fraction of sp³-hybridized carbons (Fsp3) is 0.625. The minimum atomic E-state index is -0.550. The summed E-state index contributed by atoms with van der Waals surface area (Å²) >= 11 is 0. The minimum Gasteiger partial charge on any atom is -0.479 e. The number of hydrogen-bond acceptors (Lipinski definition) is 5. The van der Waals surface area contributed by atoms with Gasteiger partial charge in [0, 0.05) is 25.3 Å². The molecule has 0 bridgehead atoms. The van der Waals surface area contributed by atoms with Crippen LogP contribution in [0.2, 0.25) is 0 Å². The highest BCUT2D eigenvalue weighted by Crippen LogP contribution is 2.28. The van der Waals surface area contributed by atoms with E-state index in [1.54, 1.807) is 38.6 Å². The zero-order chi connectivity index (χ0) is 15.8. The van der Waals surface area contributed by atoms with Crippen LogP contribution < -0.4 is 15.4 Å². The Hall–Kier alpha value is -1.66. The molecule has 1 saturated heterocycles. The molecule has 0 aliphatic carbocycles. The van der Waals surface area contributed by atoms with Crippen LogP contribution >= 0.6 is 0 Å². The smallest absolute Gasteiger partial charge is 0.260 e. The number of ether oxygens (including phenoxy) is 2. The number of amides is 1. The van der Waals surface area contributed by atoms with E-state index < -0.39 is 6.10 Å². The van der Waals surface area contributed by atoms with E-state index in [0.29, 0.717) is 18.9 Å². The Kier molecular flexibility index (Phi) is 6.15. The number of rotatable bonds is 7. The lowest BCUT2D eigenvalue weighted by molar-refractivity contribution is -0.128. The van der Waals surface area contributed by atoms with Gasteiger partial charge in [0.05, 0.1) is 12.8 Å². The maximum absolute atomic E-state index is 12.2. The number of hydrogen-bond donors (Lipinski definition) is 2. The fourth-order valence-corrected chi connectivity index (χ4v) is 2.73. The summed E-state index contributed by atoms with van der Waals surface area (Å²) in [7, 11) is 1.71. The molecule has 1 unspecified atom stereocenters. The normalized spacial score (nSPS) is 18.5. The first-order valence-electron chi connectivity index (χ1n) is 7.69. The van der Waals surface area contributed by atoms with Crippen LogP contribution in [0.4, 0.5) is 0 Å². The average Bonchev–Trinajstić information content (AvgIpc) is 2.55. The van der Waals surface area contributed by atoms with E-state index in [4.69, 9.17) is 9.47 Å². The van der Waals surface area contributed by atoms with Gasteiger partial charge in [0.1, 0.15) is 5.75 Å². The van der Waals surface area contributed by atoms with Crippen molar-refractivity contribution in [2.24, 2.45) is 5.41 Å². The molecule has 0 aromatic carbocycles. The number of piperidine rings is 1. The summed E-state index contributed by atoms with van der Waals surface area (Å²) in [5, 5.41) is 6.35. The predicted molar refractivity (Wildman–Crippen MR) is 83.7 cm³/mol. The molecule has 1 aliphatic rings. The van der Waals surface area contributed by atoms with Gasteiger partial charge in [-0.05, 0) is 45.0 Å². The fourth-order valence-electron chi connectivity index (χ4n) is 2.73. The molecule has 0 saturated carbocycles. The van der Waals surface area contributed by atoms with Crippen molar-refractivity contribution >= 4 is 5.91 Å². The van der Waals surface area contributed by atoms with Crippen molar-refractivity contribution in [1.29, 1.82) is 0 Å². The summed E-state index contributed by atoms with van der Waals surface area (Å²) in [4.78, 5) is 16.2. The lowest BCUT2D eigenvalue weighted by Gasteiger charge is -2.37. The van der Waals surface area contributed by atoms with Gasteiger partial charge in [0.25, 0.3) is 5.91 Å². The number of carbonyl (C=O) groups is 1. The summed E-state index contributed by atoms with van der Waals surface area (Å²) in [5.74, 6) is 0.483. The Labute approximate surface area is 131 Å². The van der Waals surface area contributed by atoms with Gasteiger partial charge in [-0.15, -0.1) is 0 Å². The van der Waals surface area contributed by atoms with Crippen LogP contribution in [0.25, 0.3) is 0 Å². The van der Waals surface area contributed by atoms with E-state index in [2.05, 4.69) is 15.6 Å². The molecule has 1 amide bonds. The average molecular weight is 307 g/mol. The van der Waals surface area contributed by atoms with E-state index in [9.17, 15) is 4.79 Å². The van der Waals surface area contributed by atoms with Gasteiger partial charge in [0.2, 0.25) is 0 Å². The molecule has 0 radical (unpaired) electrons. The van der Waals surface area contributed by atoms with Gasteiger partial charge in [-0.3, -0.25) is 9.78 Å². The summed E-state index contributed by atoms with van der Waals surface area (Å²) < 4.78 is 10.9. The Balaban J connectivity index is 1.85. The summed E-state index contributed by atoms with van der Waals surface area (Å²) in [6.45, 7) is 4.94. The molecule has 2 N–H and O–H groups in total. The molecule has 0 spiro atoms. The van der Waals surface area contributed by atoms with Gasteiger partial charge < -0.3 is 20.1 Å². The number of methoxy groups -OCH3 is 1. The summed E-state index contributed by atoms with van der Waals surface area (Å²) in [6.07, 6.45) is 4.72. The molecule has 1 aromatic rings. The summed E-state index contributed by atoms with van der Waals surface area (Å²) in [5.41, 5.74) is 0.0175. The zero-order valence-electron chi connectivity index (χ0n) is 13.3. The van der Waals surface area contributed by atoms with Crippen molar-refractivity contribution in [3.63, 3.8) is 0 Å². The van der Waals surface area contributed by atoms with E-state index in [1.807, 2.05) is 0 Å². The number of nitrogens with one attached hydrogen (secondary N) is 2. The lowest BCUT2D eigenvalue weighted by atomic mass is 9.79. The largest absolute Gasteiger partial charge is 0.479 e.